The molecule has 0 aromatic heterocycles. The Balaban J connectivity index is 4.41. The zero-order valence-corrected chi connectivity index (χ0v) is 12.7. The van der Waals surface area contributed by atoms with Crippen LogP contribution in [0.1, 0.15) is 40.5 Å². The molecule has 112 valence electrons. The summed E-state index contributed by atoms with van der Waals surface area (Å²) in [7, 11) is -3.41. The number of rotatable bonds is 8. The highest BCUT2D eigenvalue weighted by Gasteiger charge is 2.25. The number of carbonyl (C=O) groups excluding carboxylic acids is 1. The van der Waals surface area contributed by atoms with Gasteiger partial charge in [-0.2, -0.15) is 0 Å². The van der Waals surface area contributed by atoms with Gasteiger partial charge in [-0.05, 0) is 26.2 Å². The van der Waals surface area contributed by atoms with E-state index in [0.29, 0.717) is 0 Å². The van der Waals surface area contributed by atoms with Gasteiger partial charge in [0.2, 0.25) is 5.91 Å². The molecule has 0 heterocycles. The number of hydrogen-bond donors (Lipinski definition) is 2. The van der Waals surface area contributed by atoms with E-state index in [1.165, 1.54) is 0 Å². The van der Waals surface area contributed by atoms with Crippen LogP contribution in [0.2, 0.25) is 0 Å². The number of carbonyl (C=O) groups is 2. The number of sulfone groups is 1. The molecule has 2 N–H and O–H groups in total. The summed E-state index contributed by atoms with van der Waals surface area (Å²) in [4.78, 5) is 22.1. The average Bonchev–Trinajstić information content (AvgIpc) is 2.09. The van der Waals surface area contributed by atoms with Gasteiger partial charge in [0.15, 0.2) is 9.84 Å². The molecular formula is C12H23NO5S. The Kier molecular flexibility index (Phi) is 6.48. The van der Waals surface area contributed by atoms with E-state index >= 15 is 0 Å². The molecule has 0 aliphatic heterocycles. The summed E-state index contributed by atoms with van der Waals surface area (Å²) in [5.74, 6) is -2.15. The van der Waals surface area contributed by atoms with Crippen LogP contribution in [0.4, 0.5) is 0 Å². The van der Waals surface area contributed by atoms with E-state index in [-0.39, 0.29) is 24.5 Å². The Morgan fingerprint density at radius 3 is 2.21 bits per heavy atom. The van der Waals surface area contributed by atoms with Gasteiger partial charge in [0, 0.05) is 12.0 Å². The Bertz CT molecular complexity index is 425. The smallest absolute Gasteiger partial charge is 0.303 e. The fourth-order valence-corrected chi connectivity index (χ4v) is 3.27. The van der Waals surface area contributed by atoms with Crippen molar-refractivity contribution in [1.82, 2.24) is 5.32 Å². The lowest BCUT2D eigenvalue weighted by Crippen LogP contribution is -2.46. The number of nitrogens with one attached hydrogen (secondary N) is 1. The van der Waals surface area contributed by atoms with Crippen molar-refractivity contribution < 1.29 is 23.1 Å². The van der Waals surface area contributed by atoms with Gasteiger partial charge >= 0.3 is 5.97 Å². The van der Waals surface area contributed by atoms with E-state index in [2.05, 4.69) is 5.32 Å². The summed E-state index contributed by atoms with van der Waals surface area (Å²) in [6.45, 7) is 6.88. The van der Waals surface area contributed by atoms with Crippen molar-refractivity contribution in [2.45, 2.75) is 46.1 Å². The minimum atomic E-state index is -3.41. The fraction of sp³-hybridized carbons (Fsp3) is 0.833. The summed E-state index contributed by atoms with van der Waals surface area (Å²) in [6.07, 6.45) is 0.171. The predicted octanol–water partition coefficient (Wildman–Crippen LogP) is 0.817. The van der Waals surface area contributed by atoms with Crippen LogP contribution < -0.4 is 5.32 Å². The molecule has 0 radical (unpaired) electrons. The lowest BCUT2D eigenvalue weighted by atomic mass is 9.98. The van der Waals surface area contributed by atoms with E-state index in [4.69, 9.17) is 5.11 Å². The van der Waals surface area contributed by atoms with Gasteiger partial charge in [-0.3, -0.25) is 9.59 Å². The predicted molar refractivity (Wildman–Crippen MR) is 72.6 cm³/mol. The van der Waals surface area contributed by atoms with Crippen LogP contribution >= 0.6 is 0 Å². The Hall–Kier alpha value is -1.11. The molecule has 0 rings (SSSR count). The minimum absolute atomic E-state index is 0.0298. The lowest BCUT2D eigenvalue weighted by molar-refractivity contribution is -0.137. The normalized spacial score (nSPS) is 12.5. The van der Waals surface area contributed by atoms with Gasteiger partial charge in [0.1, 0.15) is 5.75 Å². The lowest BCUT2D eigenvalue weighted by Gasteiger charge is -2.25. The number of carboxylic acids is 1. The summed E-state index contributed by atoms with van der Waals surface area (Å²) >= 11 is 0. The molecule has 0 aliphatic carbocycles. The van der Waals surface area contributed by atoms with Crippen molar-refractivity contribution in [2.24, 2.45) is 5.92 Å². The minimum Gasteiger partial charge on any atom is -0.481 e. The van der Waals surface area contributed by atoms with Crippen LogP contribution in [0.25, 0.3) is 0 Å². The SMILES string of the molecule is CC(C)CS(=O)(=O)CC(=O)NC(C)(C)CCC(=O)O. The van der Waals surface area contributed by atoms with Crippen LogP contribution in [0.15, 0.2) is 0 Å². The zero-order valence-electron chi connectivity index (χ0n) is 11.9. The highest BCUT2D eigenvalue weighted by atomic mass is 32.2. The first kappa shape index (κ1) is 17.9. The topological polar surface area (TPSA) is 101 Å². The highest BCUT2D eigenvalue weighted by molar-refractivity contribution is 7.92. The van der Waals surface area contributed by atoms with E-state index in [0.717, 1.165) is 0 Å². The number of aliphatic carboxylic acids is 1. The van der Waals surface area contributed by atoms with Crippen LogP contribution in [0, 0.1) is 5.92 Å². The molecule has 0 aliphatic rings. The zero-order chi connectivity index (χ0) is 15.3. The molecule has 0 saturated heterocycles. The molecule has 7 heteroatoms. The van der Waals surface area contributed by atoms with Crippen LogP contribution in [0.3, 0.4) is 0 Å². The van der Waals surface area contributed by atoms with Gasteiger partial charge in [-0.15, -0.1) is 0 Å². The maximum Gasteiger partial charge on any atom is 0.303 e. The Morgan fingerprint density at radius 2 is 1.79 bits per heavy atom. The van der Waals surface area contributed by atoms with Crippen molar-refractivity contribution in [2.75, 3.05) is 11.5 Å². The van der Waals surface area contributed by atoms with Crippen molar-refractivity contribution in [1.29, 1.82) is 0 Å². The van der Waals surface area contributed by atoms with Gasteiger partial charge < -0.3 is 10.4 Å². The maximum absolute atomic E-state index is 11.7. The fourth-order valence-electron chi connectivity index (χ4n) is 1.66. The summed E-state index contributed by atoms with van der Waals surface area (Å²) in [6, 6.07) is 0. The van der Waals surface area contributed by atoms with Gasteiger partial charge in [-0.25, -0.2) is 8.42 Å². The number of amides is 1. The highest BCUT2D eigenvalue weighted by Crippen LogP contribution is 2.11. The summed E-state index contributed by atoms with van der Waals surface area (Å²) in [5.41, 5.74) is -0.733. The molecule has 0 bridgehead atoms. The van der Waals surface area contributed by atoms with Crippen LogP contribution in [0.5, 0.6) is 0 Å². The van der Waals surface area contributed by atoms with Crippen LogP contribution in [-0.2, 0) is 19.4 Å². The van der Waals surface area contributed by atoms with Crippen molar-refractivity contribution >= 4 is 21.7 Å². The molecule has 0 spiro atoms. The maximum atomic E-state index is 11.7. The molecule has 0 fully saturated rings. The van der Waals surface area contributed by atoms with E-state index in [1.54, 1.807) is 27.7 Å². The second-order valence-corrected chi connectivity index (χ2v) is 7.88. The number of hydrogen-bond acceptors (Lipinski definition) is 4. The molecule has 6 nitrogen and oxygen atoms in total. The Morgan fingerprint density at radius 1 is 1.26 bits per heavy atom. The second kappa shape index (κ2) is 6.88. The molecular weight excluding hydrogens is 270 g/mol. The molecule has 0 saturated carbocycles. The van der Waals surface area contributed by atoms with E-state index < -0.39 is 33.0 Å². The third-order valence-corrected chi connectivity index (χ3v) is 4.26. The van der Waals surface area contributed by atoms with E-state index in [9.17, 15) is 18.0 Å². The second-order valence-electron chi connectivity index (χ2n) is 5.77. The van der Waals surface area contributed by atoms with Crippen molar-refractivity contribution in [3.05, 3.63) is 0 Å². The number of carboxylic acid groups (broad SMARTS) is 1. The third-order valence-electron chi connectivity index (χ3n) is 2.38. The van der Waals surface area contributed by atoms with Crippen molar-refractivity contribution in [3.8, 4) is 0 Å². The van der Waals surface area contributed by atoms with Gasteiger partial charge in [0.05, 0.1) is 5.75 Å². The van der Waals surface area contributed by atoms with Gasteiger partial charge in [0.25, 0.3) is 0 Å². The monoisotopic (exact) mass is 293 g/mol. The largest absolute Gasteiger partial charge is 0.481 e. The quantitative estimate of drug-likeness (QED) is 0.690. The van der Waals surface area contributed by atoms with Crippen LogP contribution in [-0.4, -0.2) is 42.4 Å². The third kappa shape index (κ3) is 9.47. The molecule has 19 heavy (non-hydrogen) atoms. The van der Waals surface area contributed by atoms with E-state index in [1.807, 2.05) is 0 Å². The summed E-state index contributed by atoms with van der Waals surface area (Å²) in [5, 5.41) is 11.1. The molecule has 0 aromatic rings. The molecule has 0 atom stereocenters. The Labute approximate surface area is 114 Å². The molecule has 1 amide bonds. The first-order valence-electron chi connectivity index (χ1n) is 6.17. The molecule has 0 unspecified atom stereocenters. The van der Waals surface area contributed by atoms with Crippen molar-refractivity contribution in [3.63, 3.8) is 0 Å². The summed E-state index contributed by atoms with van der Waals surface area (Å²) < 4.78 is 23.3. The van der Waals surface area contributed by atoms with Gasteiger partial charge in [-0.1, -0.05) is 13.8 Å². The first-order valence-corrected chi connectivity index (χ1v) is 7.99. The average molecular weight is 293 g/mol. The first-order chi connectivity index (χ1) is 8.43. The molecule has 0 aromatic carbocycles. The standard InChI is InChI=1S/C12H23NO5S/c1-9(2)7-19(17,18)8-10(14)13-12(3,4)6-5-11(15)16/h9H,5-8H2,1-4H3,(H,13,14)(H,15,16).